The summed E-state index contributed by atoms with van der Waals surface area (Å²) in [5.41, 5.74) is 10.9. The lowest BCUT2D eigenvalue weighted by Crippen LogP contribution is -2.44. The number of aromatic amines is 1. The van der Waals surface area contributed by atoms with Crippen molar-refractivity contribution in [3.63, 3.8) is 0 Å². The molecule has 0 aliphatic carbocycles. The molecule has 32 heavy (non-hydrogen) atoms. The smallest absolute Gasteiger partial charge is 0.248 e. The number of amides is 1. The van der Waals surface area contributed by atoms with Gasteiger partial charge >= 0.3 is 0 Å². The zero-order valence-corrected chi connectivity index (χ0v) is 17.9. The third-order valence-electron chi connectivity index (χ3n) is 5.93. The van der Waals surface area contributed by atoms with Crippen LogP contribution in [0.5, 0.6) is 0 Å². The summed E-state index contributed by atoms with van der Waals surface area (Å²) in [4.78, 5) is 21.1. The summed E-state index contributed by atoms with van der Waals surface area (Å²) < 4.78 is 0. The molecule has 0 unspecified atom stereocenters. The van der Waals surface area contributed by atoms with E-state index in [2.05, 4.69) is 37.3 Å². The number of nitrogens with zero attached hydrogens (tertiary/aromatic N) is 4. The molecule has 1 fully saturated rings. The highest BCUT2D eigenvalue weighted by Crippen LogP contribution is 2.37. The van der Waals surface area contributed by atoms with E-state index in [1.807, 2.05) is 42.5 Å². The van der Waals surface area contributed by atoms with Crippen molar-refractivity contribution in [3.8, 4) is 11.1 Å². The van der Waals surface area contributed by atoms with Gasteiger partial charge in [0.2, 0.25) is 5.91 Å². The van der Waals surface area contributed by atoms with Gasteiger partial charge in [-0.1, -0.05) is 6.07 Å². The van der Waals surface area contributed by atoms with Crippen molar-refractivity contribution in [2.24, 2.45) is 5.73 Å². The van der Waals surface area contributed by atoms with E-state index in [1.165, 1.54) is 0 Å². The van der Waals surface area contributed by atoms with Crippen molar-refractivity contribution in [2.45, 2.75) is 0 Å². The summed E-state index contributed by atoms with van der Waals surface area (Å²) in [5, 5.41) is 11.6. The number of carbonyl (C=O) groups excluding carboxylic acids is 1. The first-order valence-corrected chi connectivity index (χ1v) is 10.6. The van der Waals surface area contributed by atoms with Crippen LogP contribution in [0.25, 0.3) is 22.0 Å². The Kier molecular flexibility index (Phi) is 5.20. The lowest BCUT2D eigenvalue weighted by Gasteiger charge is -2.35. The maximum absolute atomic E-state index is 11.9. The van der Waals surface area contributed by atoms with Gasteiger partial charge in [-0.2, -0.15) is 5.10 Å². The second-order valence-electron chi connectivity index (χ2n) is 8.08. The number of pyridine rings is 1. The Balaban J connectivity index is 1.56. The van der Waals surface area contributed by atoms with Gasteiger partial charge in [-0.05, 0) is 49.5 Å². The van der Waals surface area contributed by atoms with Crippen LogP contribution < -0.4 is 16.0 Å². The maximum atomic E-state index is 11.9. The van der Waals surface area contributed by atoms with E-state index in [1.54, 1.807) is 18.5 Å². The molecule has 2 aromatic heterocycles. The summed E-state index contributed by atoms with van der Waals surface area (Å²) in [6.45, 7) is 3.68. The summed E-state index contributed by atoms with van der Waals surface area (Å²) >= 11 is 0. The first kappa shape index (κ1) is 20.0. The highest BCUT2D eigenvalue weighted by molar-refractivity contribution is 5.97. The van der Waals surface area contributed by atoms with Gasteiger partial charge in [0, 0.05) is 65.8 Å². The molecule has 1 amide bonds. The van der Waals surface area contributed by atoms with Crippen LogP contribution in [0.3, 0.4) is 0 Å². The quantitative estimate of drug-likeness (QED) is 0.452. The third kappa shape index (κ3) is 3.88. The van der Waals surface area contributed by atoms with E-state index in [9.17, 15) is 4.79 Å². The van der Waals surface area contributed by atoms with Gasteiger partial charge in [0.15, 0.2) is 0 Å². The van der Waals surface area contributed by atoms with Crippen LogP contribution in [-0.4, -0.2) is 59.2 Å². The number of piperazine rings is 1. The number of rotatable bonds is 5. The molecule has 8 heteroatoms. The fraction of sp³-hybridized carbons (Fsp3) is 0.208. The zero-order valence-electron chi connectivity index (χ0n) is 17.9. The molecule has 1 aliphatic heterocycles. The summed E-state index contributed by atoms with van der Waals surface area (Å²) in [5.74, 6) is 0.317. The standard InChI is InChI=1S/C24H25N7O/c1-30-9-11-31(12-10-30)22-13-16(23(25)32)5-7-19(22)20-3-2-8-26-24(20)28-18-6-4-17-15-27-29-21(17)14-18/h2-8,13-15H,9-12H2,1H3,(H2,25,32)(H,26,28)(H,27,29). The Hall–Kier alpha value is -3.91. The Morgan fingerprint density at radius 2 is 1.91 bits per heavy atom. The molecule has 0 bridgehead atoms. The number of carbonyl (C=O) groups is 1. The highest BCUT2D eigenvalue weighted by atomic mass is 16.1. The van der Waals surface area contributed by atoms with Crippen LogP contribution in [0, 0.1) is 0 Å². The Bertz CT molecular complexity index is 1270. The van der Waals surface area contributed by atoms with Crippen LogP contribution in [0.15, 0.2) is 60.9 Å². The first-order valence-electron chi connectivity index (χ1n) is 10.6. The van der Waals surface area contributed by atoms with Gasteiger partial charge in [-0.3, -0.25) is 9.89 Å². The minimum absolute atomic E-state index is 0.427. The van der Waals surface area contributed by atoms with Crippen molar-refractivity contribution < 1.29 is 4.79 Å². The number of nitrogens with two attached hydrogens (primary N) is 1. The van der Waals surface area contributed by atoms with Crippen molar-refractivity contribution in [1.82, 2.24) is 20.1 Å². The predicted molar refractivity (Wildman–Crippen MR) is 127 cm³/mol. The van der Waals surface area contributed by atoms with E-state index >= 15 is 0 Å². The molecule has 162 valence electrons. The molecule has 2 aromatic carbocycles. The number of nitrogens with one attached hydrogen (secondary N) is 2. The molecule has 0 radical (unpaired) electrons. The molecular formula is C24H25N7O. The van der Waals surface area contributed by atoms with Gasteiger partial charge in [0.05, 0.1) is 11.7 Å². The molecule has 5 rings (SSSR count). The number of anilines is 3. The fourth-order valence-corrected chi connectivity index (χ4v) is 4.10. The van der Waals surface area contributed by atoms with Crippen LogP contribution in [0.1, 0.15) is 10.4 Å². The Morgan fingerprint density at radius 3 is 2.72 bits per heavy atom. The number of aromatic nitrogens is 3. The lowest BCUT2D eigenvalue weighted by atomic mass is 10.00. The van der Waals surface area contributed by atoms with Crippen molar-refractivity contribution in [1.29, 1.82) is 0 Å². The average molecular weight is 428 g/mol. The Morgan fingerprint density at radius 1 is 1.06 bits per heavy atom. The van der Waals surface area contributed by atoms with Crippen LogP contribution in [0.4, 0.5) is 17.2 Å². The van der Waals surface area contributed by atoms with E-state index < -0.39 is 5.91 Å². The Labute approximate surface area is 186 Å². The molecular weight excluding hydrogens is 402 g/mol. The highest BCUT2D eigenvalue weighted by Gasteiger charge is 2.21. The molecule has 1 aliphatic rings. The molecule has 4 aromatic rings. The van der Waals surface area contributed by atoms with E-state index in [4.69, 9.17) is 5.73 Å². The van der Waals surface area contributed by atoms with Gasteiger partial charge in [-0.15, -0.1) is 0 Å². The van der Waals surface area contributed by atoms with Gasteiger partial charge in [0.1, 0.15) is 5.82 Å². The topological polar surface area (TPSA) is 103 Å². The predicted octanol–water partition coefficient (Wildman–Crippen LogP) is 3.22. The van der Waals surface area contributed by atoms with Crippen LogP contribution in [0.2, 0.25) is 0 Å². The molecule has 8 nitrogen and oxygen atoms in total. The molecule has 3 heterocycles. The minimum atomic E-state index is -0.427. The maximum Gasteiger partial charge on any atom is 0.248 e. The molecule has 0 saturated carbocycles. The van der Waals surface area contributed by atoms with E-state index in [0.717, 1.165) is 65.4 Å². The number of hydrogen-bond acceptors (Lipinski definition) is 6. The monoisotopic (exact) mass is 427 g/mol. The number of hydrogen-bond donors (Lipinski definition) is 3. The third-order valence-corrected chi connectivity index (χ3v) is 5.93. The first-order chi connectivity index (χ1) is 15.6. The average Bonchev–Trinajstić information content (AvgIpc) is 3.28. The van der Waals surface area contributed by atoms with E-state index in [-0.39, 0.29) is 0 Å². The number of primary amides is 1. The minimum Gasteiger partial charge on any atom is -0.368 e. The normalized spacial score (nSPS) is 14.6. The molecule has 4 N–H and O–H groups in total. The molecule has 0 atom stereocenters. The largest absolute Gasteiger partial charge is 0.368 e. The number of fused-ring (bicyclic) bond motifs is 1. The lowest BCUT2D eigenvalue weighted by molar-refractivity contribution is 0.100. The van der Waals surface area contributed by atoms with Gasteiger partial charge < -0.3 is 20.9 Å². The zero-order chi connectivity index (χ0) is 22.1. The summed E-state index contributed by atoms with van der Waals surface area (Å²) in [6.07, 6.45) is 3.57. The molecule has 1 saturated heterocycles. The molecule has 0 spiro atoms. The van der Waals surface area contributed by atoms with Crippen LogP contribution in [-0.2, 0) is 0 Å². The van der Waals surface area contributed by atoms with Gasteiger partial charge in [-0.25, -0.2) is 4.98 Å². The number of likely N-dealkylation sites (N-methyl/N-ethyl adjacent to an activating group) is 1. The number of H-pyrrole nitrogens is 1. The number of benzene rings is 2. The SMILES string of the molecule is CN1CCN(c2cc(C(N)=O)ccc2-c2cccnc2Nc2ccc3cn[nH]c3c2)CC1. The van der Waals surface area contributed by atoms with Crippen molar-refractivity contribution >= 4 is 34.0 Å². The fourth-order valence-electron chi connectivity index (χ4n) is 4.10. The van der Waals surface area contributed by atoms with Gasteiger partial charge in [0.25, 0.3) is 0 Å². The van der Waals surface area contributed by atoms with E-state index in [0.29, 0.717) is 5.56 Å². The van der Waals surface area contributed by atoms with Crippen molar-refractivity contribution in [2.75, 3.05) is 43.4 Å². The van der Waals surface area contributed by atoms with Crippen LogP contribution >= 0.6 is 0 Å². The second-order valence-corrected chi connectivity index (χ2v) is 8.08. The van der Waals surface area contributed by atoms with Crippen molar-refractivity contribution in [3.05, 3.63) is 66.5 Å². The summed E-state index contributed by atoms with van der Waals surface area (Å²) in [6, 6.07) is 15.7. The second kappa shape index (κ2) is 8.32. The summed E-state index contributed by atoms with van der Waals surface area (Å²) in [7, 11) is 2.12.